The zero-order valence-corrected chi connectivity index (χ0v) is 10.2. The molecule has 0 aromatic carbocycles. The van der Waals surface area contributed by atoms with Crippen LogP contribution in [0.4, 0.5) is 19.4 Å². The Kier molecular flexibility index (Phi) is 2.98. The van der Waals surface area contributed by atoms with Crippen LogP contribution in [0, 0.1) is 0 Å². The number of hydrogen-bond acceptors (Lipinski definition) is 0. The van der Waals surface area contributed by atoms with E-state index in [4.69, 9.17) is 34.8 Å². The molecule has 94 valence electrons. The highest BCUT2D eigenvalue weighted by molar-refractivity contribution is 8.46. The molecule has 0 heterocycles. The largest absolute Gasteiger partial charge is 0.289 e. The third-order valence-corrected chi connectivity index (χ3v) is 5.67. The average Bonchev–Trinajstić information content (AvgIpc) is 1.91. The zero-order chi connectivity index (χ0) is 12.1. The van der Waals surface area contributed by atoms with Crippen molar-refractivity contribution in [3.8, 4) is 0 Å². The maximum Gasteiger partial charge on any atom is 0.289 e. The van der Waals surface area contributed by atoms with E-state index in [9.17, 15) is 19.4 Å². The standard InChI is InChI=1S/C6H8Cl3F5S/c7-3-1-5(9)6(2-4(3)8)15(10,11,12,13)14/h3-6H,1-2H2. The second-order valence-electron chi connectivity index (χ2n) is 3.59. The Balaban J connectivity index is 2.99. The second kappa shape index (κ2) is 3.21. The van der Waals surface area contributed by atoms with Crippen molar-refractivity contribution in [1.29, 1.82) is 0 Å². The molecule has 1 rings (SSSR count). The molecule has 0 spiro atoms. The van der Waals surface area contributed by atoms with Gasteiger partial charge in [-0.15, -0.1) is 34.8 Å². The van der Waals surface area contributed by atoms with E-state index in [1.165, 1.54) is 0 Å². The molecular formula is C6H8Cl3F5S. The molecule has 9 heteroatoms. The molecule has 0 aliphatic heterocycles. The van der Waals surface area contributed by atoms with Gasteiger partial charge in [-0.05, 0) is 12.8 Å². The maximum absolute atomic E-state index is 12.5. The van der Waals surface area contributed by atoms with Gasteiger partial charge in [0.1, 0.15) is 5.25 Å². The van der Waals surface area contributed by atoms with Crippen LogP contribution < -0.4 is 0 Å². The maximum atomic E-state index is 12.5. The second-order valence-corrected chi connectivity index (χ2v) is 7.93. The molecule has 0 bridgehead atoms. The first-order valence-electron chi connectivity index (χ1n) is 3.96. The molecular weight excluding hydrogens is 305 g/mol. The highest BCUT2D eigenvalue weighted by atomic mass is 35.5. The molecule has 15 heavy (non-hydrogen) atoms. The predicted octanol–water partition coefficient (Wildman–Crippen LogP) is 5.27. The highest BCUT2D eigenvalue weighted by Gasteiger charge is 2.72. The third-order valence-electron chi connectivity index (χ3n) is 2.28. The van der Waals surface area contributed by atoms with E-state index < -0.39 is 38.0 Å². The normalized spacial score (nSPS) is 43.2. The Morgan fingerprint density at radius 1 is 0.733 bits per heavy atom. The van der Waals surface area contributed by atoms with Crippen LogP contribution in [0.5, 0.6) is 0 Å². The molecule has 0 aromatic heterocycles. The summed E-state index contributed by atoms with van der Waals surface area (Å²) in [6, 6.07) is 0. The third kappa shape index (κ3) is 3.41. The van der Waals surface area contributed by atoms with Gasteiger partial charge in [0.05, 0.1) is 16.1 Å². The first-order chi connectivity index (χ1) is 6.31. The molecule has 4 unspecified atom stereocenters. The van der Waals surface area contributed by atoms with Gasteiger partial charge in [-0.2, -0.15) is 0 Å². The van der Waals surface area contributed by atoms with Crippen molar-refractivity contribution in [1.82, 2.24) is 0 Å². The lowest BCUT2D eigenvalue weighted by atomic mass is 9.98. The van der Waals surface area contributed by atoms with Gasteiger partial charge in [0.25, 0.3) is 10.2 Å². The van der Waals surface area contributed by atoms with E-state index in [0.717, 1.165) is 0 Å². The Bertz CT molecular complexity index is 264. The first-order valence-corrected chi connectivity index (χ1v) is 7.29. The lowest BCUT2D eigenvalue weighted by molar-refractivity contribution is 0.319. The van der Waals surface area contributed by atoms with Crippen molar-refractivity contribution in [2.24, 2.45) is 0 Å². The molecule has 0 N–H and O–H groups in total. The number of hydrogen-bond donors (Lipinski definition) is 0. The Morgan fingerprint density at radius 2 is 1.13 bits per heavy atom. The van der Waals surface area contributed by atoms with E-state index in [2.05, 4.69) is 0 Å². The molecule has 1 fully saturated rings. The van der Waals surface area contributed by atoms with Crippen LogP contribution in [-0.2, 0) is 0 Å². The van der Waals surface area contributed by atoms with E-state index in [0.29, 0.717) is 0 Å². The number of halogens is 8. The summed E-state index contributed by atoms with van der Waals surface area (Å²) in [6.07, 6.45) is -1.30. The lowest BCUT2D eigenvalue weighted by Crippen LogP contribution is -2.43. The van der Waals surface area contributed by atoms with Gasteiger partial charge in [0, 0.05) is 0 Å². The summed E-state index contributed by atoms with van der Waals surface area (Å²) in [5.41, 5.74) is 0. The zero-order valence-electron chi connectivity index (χ0n) is 7.16. The molecule has 0 radical (unpaired) electrons. The monoisotopic (exact) mass is 312 g/mol. The van der Waals surface area contributed by atoms with E-state index >= 15 is 0 Å². The highest BCUT2D eigenvalue weighted by Crippen LogP contribution is 3.01. The Morgan fingerprint density at radius 3 is 1.53 bits per heavy atom. The minimum atomic E-state index is -9.57. The van der Waals surface area contributed by atoms with Gasteiger partial charge in [-0.1, -0.05) is 19.4 Å². The Hall–Kier alpha value is 0.870. The SMILES string of the molecule is FS(F)(F)(F)(F)C1CC(Cl)C(Cl)CC1Cl. The van der Waals surface area contributed by atoms with Crippen molar-refractivity contribution >= 4 is 45.0 Å². The summed E-state index contributed by atoms with van der Waals surface area (Å²) in [5, 5.41) is -6.48. The van der Waals surface area contributed by atoms with Crippen LogP contribution >= 0.6 is 45.0 Å². The number of rotatable bonds is 1. The van der Waals surface area contributed by atoms with Crippen molar-refractivity contribution in [3.63, 3.8) is 0 Å². The van der Waals surface area contributed by atoms with Gasteiger partial charge in [0.15, 0.2) is 0 Å². The molecule has 4 atom stereocenters. The van der Waals surface area contributed by atoms with Crippen molar-refractivity contribution in [2.45, 2.75) is 34.2 Å². The van der Waals surface area contributed by atoms with Crippen LogP contribution in [-0.4, -0.2) is 21.4 Å². The van der Waals surface area contributed by atoms with Crippen LogP contribution in [0.2, 0.25) is 0 Å². The van der Waals surface area contributed by atoms with Gasteiger partial charge < -0.3 is 0 Å². The topological polar surface area (TPSA) is 0 Å². The predicted molar refractivity (Wildman–Crippen MR) is 55.1 cm³/mol. The van der Waals surface area contributed by atoms with Crippen LogP contribution in [0.3, 0.4) is 0 Å². The van der Waals surface area contributed by atoms with E-state index in [-0.39, 0.29) is 6.42 Å². The Labute approximate surface area is 98.8 Å². The summed E-state index contributed by atoms with van der Waals surface area (Å²) in [6.45, 7) is 0. The molecule has 0 aromatic rings. The van der Waals surface area contributed by atoms with Crippen molar-refractivity contribution in [2.75, 3.05) is 0 Å². The summed E-state index contributed by atoms with van der Waals surface area (Å²) < 4.78 is 62.3. The fraction of sp³-hybridized carbons (Fsp3) is 1.00. The average molecular weight is 314 g/mol. The summed E-state index contributed by atoms with van der Waals surface area (Å²) in [4.78, 5) is 0. The van der Waals surface area contributed by atoms with Gasteiger partial charge >= 0.3 is 0 Å². The fourth-order valence-corrected chi connectivity index (χ4v) is 4.40. The first kappa shape index (κ1) is 13.9. The summed E-state index contributed by atoms with van der Waals surface area (Å²) in [7, 11) is -9.57. The molecule has 1 aliphatic carbocycles. The lowest BCUT2D eigenvalue weighted by Gasteiger charge is -2.51. The summed E-state index contributed by atoms with van der Waals surface area (Å²) >= 11 is 16.3. The summed E-state index contributed by atoms with van der Waals surface area (Å²) in [5.74, 6) is 0. The van der Waals surface area contributed by atoms with Crippen molar-refractivity contribution < 1.29 is 19.4 Å². The minimum absolute atomic E-state index is 0.368. The van der Waals surface area contributed by atoms with Crippen LogP contribution in [0.1, 0.15) is 12.8 Å². The van der Waals surface area contributed by atoms with E-state index in [1.54, 1.807) is 0 Å². The van der Waals surface area contributed by atoms with Gasteiger partial charge in [0.2, 0.25) is 0 Å². The molecule has 0 saturated heterocycles. The van der Waals surface area contributed by atoms with Crippen LogP contribution in [0.15, 0.2) is 0 Å². The fourth-order valence-electron chi connectivity index (χ4n) is 1.49. The van der Waals surface area contributed by atoms with Crippen LogP contribution in [0.25, 0.3) is 0 Å². The number of alkyl halides is 3. The molecule has 1 saturated carbocycles. The smallest absolute Gasteiger partial charge is 0.121 e. The minimum Gasteiger partial charge on any atom is -0.121 e. The molecule has 0 nitrogen and oxygen atoms in total. The van der Waals surface area contributed by atoms with Crippen molar-refractivity contribution in [3.05, 3.63) is 0 Å². The molecule has 1 aliphatic rings. The molecule has 0 amide bonds. The van der Waals surface area contributed by atoms with E-state index in [1.807, 2.05) is 0 Å². The van der Waals surface area contributed by atoms with Gasteiger partial charge in [-0.25, -0.2) is 0 Å². The van der Waals surface area contributed by atoms with Gasteiger partial charge in [-0.3, -0.25) is 0 Å². The quantitative estimate of drug-likeness (QED) is 0.457.